The second kappa shape index (κ2) is 6.08. The van der Waals surface area contributed by atoms with Crippen molar-refractivity contribution in [3.8, 4) is 0 Å². The fourth-order valence-corrected chi connectivity index (χ4v) is 5.52. The van der Waals surface area contributed by atoms with Crippen molar-refractivity contribution in [2.24, 2.45) is 0 Å². The van der Waals surface area contributed by atoms with E-state index in [1.165, 1.54) is 12.1 Å². The number of benzene rings is 1. The third-order valence-electron chi connectivity index (χ3n) is 2.05. The fourth-order valence-electron chi connectivity index (χ4n) is 1.27. The molecule has 0 atom stereocenters. The lowest BCUT2D eigenvalue weighted by molar-refractivity contribution is 0.581. The SMILES string of the molecule is CS(=O)(=O)CCNS(=O)(=O)c1c(Br)cc(N)cc1Br. The van der Waals surface area contributed by atoms with Crippen LogP contribution >= 0.6 is 31.9 Å². The second-order valence-electron chi connectivity index (χ2n) is 3.84. The highest BCUT2D eigenvalue weighted by molar-refractivity contribution is 9.11. The van der Waals surface area contributed by atoms with E-state index in [4.69, 9.17) is 5.73 Å². The molecule has 0 aromatic heterocycles. The topological polar surface area (TPSA) is 106 Å². The minimum Gasteiger partial charge on any atom is -0.399 e. The first-order valence-corrected chi connectivity index (χ1v) is 10.1. The fraction of sp³-hybridized carbons (Fsp3) is 0.333. The summed E-state index contributed by atoms with van der Waals surface area (Å²) in [6.45, 7) is -0.190. The Hall–Kier alpha value is -0.160. The summed E-state index contributed by atoms with van der Waals surface area (Å²) in [5.74, 6) is -0.267. The van der Waals surface area contributed by atoms with Crippen LogP contribution in [0.5, 0.6) is 0 Å². The standard InChI is InChI=1S/C9H12Br2N2O4S2/c1-18(14,15)3-2-13-19(16,17)9-7(10)4-6(12)5-8(9)11/h4-5,13H,2-3,12H2,1H3. The molecule has 1 aromatic carbocycles. The van der Waals surface area contributed by atoms with Gasteiger partial charge in [0.15, 0.2) is 0 Å². The van der Waals surface area contributed by atoms with Crippen LogP contribution in [0.15, 0.2) is 26.0 Å². The van der Waals surface area contributed by atoms with Crippen molar-refractivity contribution in [3.05, 3.63) is 21.1 Å². The number of nitrogens with one attached hydrogen (secondary N) is 1. The Balaban J connectivity index is 3.02. The Kier molecular flexibility index (Phi) is 5.41. The summed E-state index contributed by atoms with van der Waals surface area (Å²) in [6, 6.07) is 2.91. The molecular formula is C9H12Br2N2O4S2. The van der Waals surface area contributed by atoms with Gasteiger partial charge in [0.2, 0.25) is 10.0 Å². The number of sulfone groups is 1. The molecule has 10 heteroatoms. The highest BCUT2D eigenvalue weighted by Gasteiger charge is 2.21. The lowest BCUT2D eigenvalue weighted by Crippen LogP contribution is -2.29. The van der Waals surface area contributed by atoms with Crippen LogP contribution in [0.25, 0.3) is 0 Å². The summed E-state index contributed by atoms with van der Waals surface area (Å²) in [6.07, 6.45) is 1.04. The molecule has 0 unspecified atom stereocenters. The van der Waals surface area contributed by atoms with E-state index in [-0.39, 0.29) is 17.2 Å². The summed E-state index contributed by atoms with van der Waals surface area (Å²) < 4.78 is 48.9. The van der Waals surface area contributed by atoms with Crippen LogP contribution in [0.4, 0.5) is 5.69 Å². The van der Waals surface area contributed by atoms with E-state index < -0.39 is 19.9 Å². The van der Waals surface area contributed by atoms with Gasteiger partial charge in [0.05, 0.1) is 5.75 Å². The molecule has 1 aromatic rings. The normalized spacial score (nSPS) is 12.6. The van der Waals surface area contributed by atoms with E-state index in [0.29, 0.717) is 14.6 Å². The molecule has 0 saturated heterocycles. The van der Waals surface area contributed by atoms with Crippen molar-refractivity contribution in [2.75, 3.05) is 24.3 Å². The summed E-state index contributed by atoms with van der Waals surface area (Å²) >= 11 is 6.24. The van der Waals surface area contributed by atoms with Gasteiger partial charge in [0, 0.05) is 27.4 Å². The predicted molar refractivity (Wildman–Crippen MR) is 81.2 cm³/mol. The summed E-state index contributed by atoms with van der Waals surface area (Å²) in [5, 5.41) is 0. The van der Waals surface area contributed by atoms with Gasteiger partial charge in [0.1, 0.15) is 14.7 Å². The van der Waals surface area contributed by atoms with Gasteiger partial charge in [-0.3, -0.25) is 0 Å². The zero-order valence-electron chi connectivity index (χ0n) is 9.85. The molecule has 1 rings (SSSR count). The quantitative estimate of drug-likeness (QED) is 0.674. The molecule has 0 heterocycles. The molecule has 0 amide bonds. The van der Waals surface area contributed by atoms with Crippen molar-refractivity contribution in [1.29, 1.82) is 0 Å². The molecule has 0 aliphatic carbocycles. The van der Waals surface area contributed by atoms with Gasteiger partial charge in [-0.1, -0.05) is 0 Å². The largest absolute Gasteiger partial charge is 0.399 e. The third-order valence-corrected chi connectivity index (χ3v) is 6.34. The maximum Gasteiger partial charge on any atom is 0.242 e. The van der Waals surface area contributed by atoms with E-state index in [2.05, 4.69) is 36.6 Å². The van der Waals surface area contributed by atoms with Gasteiger partial charge in [0.25, 0.3) is 0 Å². The monoisotopic (exact) mass is 434 g/mol. The van der Waals surface area contributed by atoms with E-state index in [0.717, 1.165) is 6.26 Å². The summed E-state index contributed by atoms with van der Waals surface area (Å²) in [5.41, 5.74) is 5.97. The molecule has 0 spiro atoms. The number of nitrogens with two attached hydrogens (primary N) is 1. The van der Waals surface area contributed by atoms with E-state index >= 15 is 0 Å². The van der Waals surface area contributed by atoms with Gasteiger partial charge in [-0.2, -0.15) is 0 Å². The van der Waals surface area contributed by atoms with Gasteiger partial charge >= 0.3 is 0 Å². The van der Waals surface area contributed by atoms with Crippen molar-refractivity contribution >= 4 is 57.4 Å². The Morgan fingerprint density at radius 2 is 1.63 bits per heavy atom. The number of sulfonamides is 1. The smallest absolute Gasteiger partial charge is 0.242 e. The Bertz CT molecular complexity index is 663. The first-order chi connectivity index (χ1) is 8.53. The van der Waals surface area contributed by atoms with E-state index in [9.17, 15) is 16.8 Å². The molecule has 3 N–H and O–H groups in total. The van der Waals surface area contributed by atoms with Gasteiger partial charge in [-0.15, -0.1) is 0 Å². The van der Waals surface area contributed by atoms with Gasteiger partial charge in [-0.25, -0.2) is 21.6 Å². The summed E-state index contributed by atoms with van der Waals surface area (Å²) in [4.78, 5) is -0.0183. The predicted octanol–water partition coefficient (Wildman–Crippen LogP) is 1.12. The highest BCUT2D eigenvalue weighted by atomic mass is 79.9. The van der Waals surface area contributed by atoms with Crippen LogP contribution in [0, 0.1) is 0 Å². The third kappa shape index (κ3) is 5.03. The highest BCUT2D eigenvalue weighted by Crippen LogP contribution is 2.32. The number of halogens is 2. The minimum atomic E-state index is -3.82. The number of hydrogen-bond acceptors (Lipinski definition) is 5. The zero-order chi connectivity index (χ0) is 14.8. The van der Waals surface area contributed by atoms with Gasteiger partial charge in [-0.05, 0) is 44.0 Å². The maximum atomic E-state index is 12.1. The maximum absolute atomic E-state index is 12.1. The number of rotatable bonds is 5. The molecule has 0 aliphatic rings. The van der Waals surface area contributed by atoms with Crippen LogP contribution < -0.4 is 10.5 Å². The molecule has 0 aliphatic heterocycles. The van der Waals surface area contributed by atoms with Crippen molar-refractivity contribution in [1.82, 2.24) is 4.72 Å². The van der Waals surface area contributed by atoms with Crippen molar-refractivity contribution < 1.29 is 16.8 Å². The lowest BCUT2D eigenvalue weighted by Gasteiger charge is -2.10. The van der Waals surface area contributed by atoms with E-state index in [1.807, 2.05) is 0 Å². The first kappa shape index (κ1) is 16.9. The number of anilines is 1. The van der Waals surface area contributed by atoms with Crippen molar-refractivity contribution in [3.63, 3.8) is 0 Å². The van der Waals surface area contributed by atoms with E-state index in [1.54, 1.807) is 0 Å². The van der Waals surface area contributed by atoms with Crippen LogP contribution in [0.1, 0.15) is 0 Å². The molecule has 0 fully saturated rings. The Labute approximate surface area is 129 Å². The van der Waals surface area contributed by atoms with Crippen LogP contribution in [0.3, 0.4) is 0 Å². The molecule has 108 valence electrons. The van der Waals surface area contributed by atoms with Crippen LogP contribution in [-0.4, -0.2) is 35.4 Å². The molecule has 0 radical (unpaired) electrons. The van der Waals surface area contributed by atoms with Crippen LogP contribution in [-0.2, 0) is 19.9 Å². The van der Waals surface area contributed by atoms with Gasteiger partial charge < -0.3 is 5.73 Å². The minimum absolute atomic E-state index is 0.0183. The Morgan fingerprint density at radius 1 is 1.16 bits per heavy atom. The average Bonchev–Trinajstić information content (AvgIpc) is 2.11. The lowest BCUT2D eigenvalue weighted by atomic mass is 10.3. The Morgan fingerprint density at radius 3 is 2.05 bits per heavy atom. The summed E-state index contributed by atoms with van der Waals surface area (Å²) in [7, 11) is -7.05. The molecule has 6 nitrogen and oxygen atoms in total. The molecule has 0 saturated carbocycles. The second-order valence-corrected chi connectivity index (χ2v) is 9.51. The number of hydrogen-bond donors (Lipinski definition) is 2. The molecular weight excluding hydrogens is 424 g/mol. The molecule has 0 bridgehead atoms. The zero-order valence-corrected chi connectivity index (χ0v) is 14.7. The molecule has 19 heavy (non-hydrogen) atoms. The first-order valence-electron chi connectivity index (χ1n) is 4.95. The average molecular weight is 436 g/mol. The van der Waals surface area contributed by atoms with Crippen molar-refractivity contribution in [2.45, 2.75) is 4.90 Å². The number of nitrogen functional groups attached to an aromatic ring is 1. The van der Waals surface area contributed by atoms with Crippen LogP contribution in [0.2, 0.25) is 0 Å².